The minimum atomic E-state index is -1.47. The highest BCUT2D eigenvalue weighted by atomic mass is 16.8. The van der Waals surface area contributed by atoms with Crippen molar-refractivity contribution in [2.75, 3.05) is 110 Å². The van der Waals surface area contributed by atoms with E-state index >= 15 is 0 Å². The molecule has 500 valence electrons. The highest BCUT2D eigenvalue weighted by Crippen LogP contribution is 2.36. The Hall–Kier alpha value is -7.34. The Kier molecular flexibility index (Phi) is 33.3. The highest BCUT2D eigenvalue weighted by Gasteiger charge is 2.52. The molecule has 13 aliphatic heterocycles. The first kappa shape index (κ1) is 75.4. The fraction of sp³-hybridized carbons (Fsp3) is 0.656. The van der Waals surface area contributed by atoms with Crippen molar-refractivity contribution in [3.63, 3.8) is 0 Å². The second kappa shape index (κ2) is 40.6. The van der Waals surface area contributed by atoms with Gasteiger partial charge in [0, 0.05) is 90.1 Å². The van der Waals surface area contributed by atoms with Crippen LogP contribution < -0.4 is 0 Å². The van der Waals surface area contributed by atoms with Crippen LogP contribution >= 0.6 is 0 Å². The predicted octanol–water partition coefficient (Wildman–Crippen LogP) is -0.183. The molecule has 0 saturated carbocycles. The quantitative estimate of drug-likeness (QED) is 0.0322. The van der Waals surface area contributed by atoms with Gasteiger partial charge in [0.1, 0.15) is 96.5 Å². The van der Waals surface area contributed by atoms with E-state index in [2.05, 4.69) is 94.7 Å². The number of methoxy groups -OCH3 is 6. The van der Waals surface area contributed by atoms with Crippen LogP contribution in [0.1, 0.15) is 41.5 Å². The lowest BCUT2D eigenvalue weighted by molar-refractivity contribution is -0.301. The zero-order chi connectivity index (χ0) is 67.0. The van der Waals surface area contributed by atoms with E-state index < -0.39 is 170 Å². The molecule has 14 aliphatic rings. The molecule has 0 spiro atoms. The first-order valence-corrected chi connectivity index (χ1v) is 28.6. The Morgan fingerprint density at radius 3 is 1.04 bits per heavy atom. The minimum absolute atomic E-state index is 0.0739. The summed E-state index contributed by atoms with van der Waals surface area (Å²) in [6, 6.07) is 0. The molecule has 14 rings (SSSR count). The Labute approximate surface area is 534 Å². The maximum absolute atomic E-state index is 13.0. The van der Waals surface area contributed by atoms with Crippen LogP contribution in [0.4, 0.5) is 0 Å². The fourth-order valence-electron chi connectivity index (χ4n) is 10.00. The molecule has 0 aromatic carbocycles. The molecule has 4 fully saturated rings. The number of hydrogen-bond acceptors (Lipinski definition) is 28. The van der Waals surface area contributed by atoms with E-state index in [0.717, 1.165) is 27.7 Å². The Morgan fingerprint density at radius 2 is 0.630 bits per heavy atom. The van der Waals surface area contributed by atoms with Crippen molar-refractivity contribution in [1.29, 1.82) is 0 Å². The van der Waals surface area contributed by atoms with Crippen molar-refractivity contribution >= 4 is 35.8 Å². The van der Waals surface area contributed by atoms with Gasteiger partial charge in [-0.2, -0.15) is 0 Å². The fourth-order valence-corrected chi connectivity index (χ4v) is 10.00. The average Bonchev–Trinajstić information content (AvgIpc) is 0.844. The van der Waals surface area contributed by atoms with Crippen LogP contribution in [0.2, 0.25) is 0 Å². The summed E-state index contributed by atoms with van der Waals surface area (Å²) in [5, 5.41) is 0. The van der Waals surface area contributed by atoms with Crippen molar-refractivity contribution < 1.29 is 133 Å². The van der Waals surface area contributed by atoms with E-state index in [4.69, 9.17) is 104 Å². The molecule has 4 saturated heterocycles. The molecule has 0 aromatic rings. The first-order chi connectivity index (χ1) is 44.4. The maximum atomic E-state index is 13.0. The van der Waals surface area contributed by atoms with Gasteiger partial charge in [-0.05, 0) is 47.4 Å². The largest absolute Gasteiger partial charge is 0.463 e. The number of esters is 6. The summed E-state index contributed by atoms with van der Waals surface area (Å²) in [5.74, 6) is 36.3. The molecule has 2 unspecified atom stereocenters. The van der Waals surface area contributed by atoms with Gasteiger partial charge in [0.25, 0.3) is 0 Å². The van der Waals surface area contributed by atoms with Gasteiger partial charge in [0.05, 0.1) is 37.1 Å². The Morgan fingerprint density at radius 1 is 0.304 bits per heavy atom. The Bertz CT molecular complexity index is 2970. The molecule has 28 heteroatoms. The maximum Gasteiger partial charge on any atom is 0.303 e. The molecule has 28 nitrogen and oxygen atoms in total. The zero-order valence-corrected chi connectivity index (χ0v) is 53.0. The topological polar surface area (TPSA) is 305 Å². The van der Waals surface area contributed by atoms with Gasteiger partial charge >= 0.3 is 35.8 Å². The predicted molar refractivity (Wildman–Crippen MR) is 309 cm³/mol. The minimum Gasteiger partial charge on any atom is -0.463 e. The van der Waals surface area contributed by atoms with Crippen molar-refractivity contribution in [2.24, 2.45) is 29.6 Å². The molecular formula is C64H76O28. The van der Waals surface area contributed by atoms with Crippen LogP contribution in [0.25, 0.3) is 0 Å². The summed E-state index contributed by atoms with van der Waals surface area (Å²) in [6.45, 7) is 4.24. The second-order valence-electron chi connectivity index (χ2n) is 20.3. The molecule has 8 bridgehead atoms. The van der Waals surface area contributed by atoms with Crippen LogP contribution in [-0.4, -0.2) is 237 Å². The van der Waals surface area contributed by atoms with Crippen LogP contribution in [0, 0.1) is 124 Å². The van der Waals surface area contributed by atoms with E-state index in [9.17, 15) is 28.8 Å². The van der Waals surface area contributed by atoms with Crippen molar-refractivity contribution in [1.82, 2.24) is 0 Å². The first-order valence-electron chi connectivity index (χ1n) is 28.6. The Balaban J connectivity index is 1.84. The van der Waals surface area contributed by atoms with E-state index in [0.29, 0.717) is 0 Å². The smallest absolute Gasteiger partial charge is 0.303 e. The highest BCUT2D eigenvalue weighted by molar-refractivity contribution is 5.69. The molecule has 0 radical (unpaired) electrons. The van der Waals surface area contributed by atoms with Gasteiger partial charge in [-0.15, -0.1) is 0 Å². The third-order valence-electron chi connectivity index (χ3n) is 13.5. The van der Waals surface area contributed by atoms with Gasteiger partial charge in [-0.25, -0.2) is 0 Å². The normalized spacial score (nSPS) is 31.0. The summed E-state index contributed by atoms with van der Waals surface area (Å²) < 4.78 is 128. The lowest BCUT2D eigenvalue weighted by Crippen LogP contribution is -2.57. The SMILES string of the molecule is COCOC[C@H]1O[C@@H]2C#CC#C[C@H]3[C@H](OC(C)=O)[C@@H](OC(C)=O)[C@@H](C#CC#C[C@@H]4[C@@H](OCOC)O[C@H](C#CC#C[C@H]5[C@H](OC(C)=O)[C@@H](OC(C)=O)C(C#CC#CC1[C@H](COCOC)[C@H]2OCOC)O[C@@H]5COC(C)=O)[C@H](OCOC)[C@H]4OCOC)O[C@H]3COC(C)=O. The molecule has 0 N–H and O–H groups in total. The molecular weight excluding hydrogens is 1220 g/mol. The van der Waals surface area contributed by atoms with Crippen molar-refractivity contribution in [2.45, 2.75) is 133 Å². The molecule has 1 aliphatic carbocycles. The van der Waals surface area contributed by atoms with E-state index in [-0.39, 0.29) is 54.0 Å². The van der Waals surface area contributed by atoms with Crippen molar-refractivity contribution in [3.8, 4) is 94.7 Å². The standard InChI is InChI=1S/C64H76O28/c1-39(65)79-31-55-46-22-14-18-25-50-57(81-35-73-9)49(29-77-33-71-7)45(54(89-50)30-78-34-72-8)21-13-17-27-52-62(87-43(5)69)60(86-42(4)68)47(56(90-52)32-80-40(2)66)23-15-19-26-51-61(83-37-75-11)58(82-36-74-10)48(64(92-51)84-38-76-12)24-16-20-28-53(91-55)63(88-44(6)70)59(46)85-41(3)67/h45-64H,29-38H2,1-12H3/t45?,46-,47-,48+,49+,50-,51-,52?,53-,54-,55+,56-,57-,58+,59+,60+,61+,62+,63+,64+/m1/s1. The average molecular weight is 1290 g/mol. The van der Waals surface area contributed by atoms with Crippen LogP contribution in [0.5, 0.6) is 0 Å². The monoisotopic (exact) mass is 1290 g/mol. The van der Waals surface area contributed by atoms with E-state index in [1.165, 1.54) is 56.5 Å². The molecule has 92 heavy (non-hydrogen) atoms. The third-order valence-corrected chi connectivity index (χ3v) is 13.5. The number of carbonyl (C=O) groups is 6. The van der Waals surface area contributed by atoms with Gasteiger partial charge in [0.2, 0.25) is 0 Å². The summed E-state index contributed by atoms with van der Waals surface area (Å²) in [5.41, 5.74) is 0. The summed E-state index contributed by atoms with van der Waals surface area (Å²) in [6.07, 6.45) is -18.9. The van der Waals surface area contributed by atoms with E-state index in [1.54, 1.807) is 0 Å². The van der Waals surface area contributed by atoms with Crippen LogP contribution in [-0.2, 0) is 133 Å². The zero-order valence-electron chi connectivity index (χ0n) is 53.0. The molecule has 13 heterocycles. The van der Waals surface area contributed by atoms with Gasteiger partial charge in [-0.3, -0.25) is 28.8 Å². The van der Waals surface area contributed by atoms with E-state index in [1.807, 2.05) is 0 Å². The lowest BCUT2D eigenvalue weighted by atomic mass is 9.79. The van der Waals surface area contributed by atoms with Crippen molar-refractivity contribution in [3.05, 3.63) is 0 Å². The second-order valence-corrected chi connectivity index (χ2v) is 20.3. The number of rotatable bonds is 28. The molecule has 0 aromatic heterocycles. The summed E-state index contributed by atoms with van der Waals surface area (Å²) in [4.78, 5) is 76.5. The van der Waals surface area contributed by atoms with Gasteiger partial charge in [-0.1, -0.05) is 47.4 Å². The lowest BCUT2D eigenvalue weighted by Gasteiger charge is -2.43. The summed E-state index contributed by atoms with van der Waals surface area (Å²) in [7, 11) is 8.42. The van der Waals surface area contributed by atoms with Crippen LogP contribution in [0.3, 0.4) is 0 Å². The number of ether oxygens (including phenoxy) is 22. The molecule has 20 atom stereocenters. The number of hydrogen-bond donors (Lipinski definition) is 0. The number of carbonyl (C=O) groups excluding carboxylic acids is 6. The van der Waals surface area contributed by atoms with Gasteiger partial charge < -0.3 is 104 Å². The summed E-state index contributed by atoms with van der Waals surface area (Å²) >= 11 is 0. The third kappa shape index (κ3) is 23.7. The van der Waals surface area contributed by atoms with Crippen LogP contribution in [0.15, 0.2) is 0 Å². The van der Waals surface area contributed by atoms with Gasteiger partial charge in [0.15, 0.2) is 49.0 Å². The molecule has 0 amide bonds.